The molecule has 0 atom stereocenters. The molecule has 4 rings (SSSR count). The molecule has 2 aromatic rings. The van der Waals surface area contributed by atoms with Gasteiger partial charge in [0.2, 0.25) is 0 Å². The second kappa shape index (κ2) is 6.67. The Morgan fingerprint density at radius 1 is 1.04 bits per heavy atom. The first kappa shape index (κ1) is 17.5. The van der Waals surface area contributed by atoms with Gasteiger partial charge in [-0.05, 0) is 30.3 Å². The van der Waals surface area contributed by atoms with Gasteiger partial charge in [-0.2, -0.15) is 0 Å². The molecule has 26 heavy (non-hydrogen) atoms. The summed E-state index contributed by atoms with van der Waals surface area (Å²) in [6, 6.07) is 14.0. The standard InChI is InChI=1S/C19H19B2ClN4/c1-19(20,21)26-10-8-25(9-11-26)18-14-4-2-3-5-15(14)23-16-7-6-13(22)12-17(16)24-18/h2-7,12,23H,8-11H2,1H3. The highest BCUT2D eigenvalue weighted by Crippen LogP contribution is 2.36. The second-order valence-electron chi connectivity index (χ2n) is 6.97. The Bertz CT molecular complexity index is 855. The van der Waals surface area contributed by atoms with Gasteiger partial charge in [0.25, 0.3) is 0 Å². The van der Waals surface area contributed by atoms with E-state index in [4.69, 9.17) is 32.3 Å². The van der Waals surface area contributed by atoms with Crippen LogP contribution < -0.4 is 5.32 Å². The summed E-state index contributed by atoms with van der Waals surface area (Å²) < 4.78 is 0. The van der Waals surface area contributed by atoms with Crippen LogP contribution in [0, 0.1) is 0 Å². The van der Waals surface area contributed by atoms with E-state index in [1.165, 1.54) is 0 Å². The molecule has 2 aliphatic rings. The molecule has 0 aliphatic carbocycles. The summed E-state index contributed by atoms with van der Waals surface area (Å²) in [6.07, 6.45) is 0. The Morgan fingerprint density at radius 2 is 1.77 bits per heavy atom. The van der Waals surface area contributed by atoms with Gasteiger partial charge in [0.05, 0.1) is 27.1 Å². The monoisotopic (exact) mass is 360 g/mol. The number of para-hydroxylation sites is 1. The number of hydrogen-bond donors (Lipinski definition) is 1. The van der Waals surface area contributed by atoms with E-state index in [2.05, 4.69) is 27.2 Å². The van der Waals surface area contributed by atoms with Crippen LogP contribution in [0.1, 0.15) is 12.5 Å². The first-order chi connectivity index (χ1) is 12.4. The topological polar surface area (TPSA) is 30.9 Å². The van der Waals surface area contributed by atoms with Gasteiger partial charge in [-0.25, -0.2) is 4.99 Å². The van der Waals surface area contributed by atoms with Crippen molar-refractivity contribution in [3.05, 3.63) is 53.1 Å². The zero-order chi connectivity index (χ0) is 18.3. The van der Waals surface area contributed by atoms with E-state index in [0.717, 1.165) is 54.6 Å². The number of amidine groups is 1. The summed E-state index contributed by atoms with van der Waals surface area (Å²) >= 11 is 6.20. The molecule has 0 amide bonds. The normalized spacial score (nSPS) is 17.6. The van der Waals surface area contributed by atoms with Crippen LogP contribution in [0.15, 0.2) is 47.5 Å². The van der Waals surface area contributed by atoms with Crippen LogP contribution in [0.3, 0.4) is 0 Å². The van der Waals surface area contributed by atoms with Crippen LogP contribution >= 0.6 is 11.6 Å². The van der Waals surface area contributed by atoms with Crippen LogP contribution in [0.5, 0.6) is 0 Å². The Morgan fingerprint density at radius 3 is 2.50 bits per heavy atom. The quantitative estimate of drug-likeness (QED) is 0.793. The Balaban J connectivity index is 1.72. The van der Waals surface area contributed by atoms with Crippen LogP contribution in [0.2, 0.25) is 5.02 Å². The van der Waals surface area contributed by atoms with Crippen molar-refractivity contribution in [1.29, 1.82) is 0 Å². The number of nitrogens with zero attached hydrogens (tertiary/aromatic N) is 3. The fraction of sp³-hybridized carbons (Fsp3) is 0.316. The average Bonchev–Trinajstić information content (AvgIpc) is 2.77. The summed E-state index contributed by atoms with van der Waals surface area (Å²) in [5.41, 5.74) is 3.91. The van der Waals surface area contributed by atoms with Crippen molar-refractivity contribution in [2.75, 3.05) is 31.5 Å². The van der Waals surface area contributed by atoms with Crippen LogP contribution in [-0.4, -0.2) is 62.8 Å². The van der Waals surface area contributed by atoms with Gasteiger partial charge in [-0.1, -0.05) is 36.0 Å². The Hall–Kier alpha value is -1.91. The zero-order valence-electron chi connectivity index (χ0n) is 14.7. The van der Waals surface area contributed by atoms with Gasteiger partial charge in [0.15, 0.2) is 0 Å². The summed E-state index contributed by atoms with van der Waals surface area (Å²) in [5.74, 6) is 0.949. The third kappa shape index (κ3) is 3.36. The highest BCUT2D eigenvalue weighted by molar-refractivity contribution is 6.39. The third-order valence-corrected chi connectivity index (χ3v) is 5.12. The fourth-order valence-corrected chi connectivity index (χ4v) is 3.62. The molecule has 2 heterocycles. The lowest BCUT2D eigenvalue weighted by Crippen LogP contribution is -2.57. The molecule has 128 valence electrons. The molecular formula is C19H19B2ClN4. The molecular weight excluding hydrogens is 341 g/mol. The highest BCUT2D eigenvalue weighted by Gasteiger charge is 2.28. The number of hydrogen-bond acceptors (Lipinski definition) is 4. The lowest BCUT2D eigenvalue weighted by molar-refractivity contribution is 0.156. The SMILES string of the molecule is [B]C([B])(C)N1CCN(C2=Nc3cc(Cl)ccc3Nc3ccccc32)CC1. The smallest absolute Gasteiger partial charge is 0.138 e. The predicted molar refractivity (Wildman–Crippen MR) is 110 cm³/mol. The van der Waals surface area contributed by atoms with Gasteiger partial charge in [0, 0.05) is 42.5 Å². The maximum absolute atomic E-state index is 6.20. The Labute approximate surface area is 162 Å². The predicted octanol–water partition coefficient (Wildman–Crippen LogP) is 3.10. The van der Waals surface area contributed by atoms with E-state index < -0.39 is 5.34 Å². The minimum Gasteiger partial charge on any atom is -0.353 e. The summed E-state index contributed by atoms with van der Waals surface area (Å²) in [4.78, 5) is 9.35. The maximum Gasteiger partial charge on any atom is 0.138 e. The second-order valence-corrected chi connectivity index (χ2v) is 7.40. The number of halogens is 1. The fourth-order valence-electron chi connectivity index (χ4n) is 3.45. The molecule has 2 aromatic carbocycles. The van der Waals surface area contributed by atoms with Crippen molar-refractivity contribution in [2.24, 2.45) is 4.99 Å². The van der Waals surface area contributed by atoms with Crippen LogP contribution in [0.4, 0.5) is 17.1 Å². The molecule has 7 heteroatoms. The molecule has 0 unspecified atom stereocenters. The van der Waals surface area contributed by atoms with Gasteiger partial charge in [0.1, 0.15) is 5.84 Å². The molecule has 1 N–H and O–H groups in total. The highest BCUT2D eigenvalue weighted by atomic mass is 35.5. The lowest BCUT2D eigenvalue weighted by atomic mass is 9.62. The number of rotatable bonds is 1. The van der Waals surface area contributed by atoms with Crippen molar-refractivity contribution < 1.29 is 0 Å². The summed E-state index contributed by atoms with van der Waals surface area (Å²) in [6.45, 7) is 5.05. The number of nitrogens with one attached hydrogen (secondary N) is 1. The maximum atomic E-state index is 6.20. The molecule has 2 aliphatic heterocycles. The van der Waals surface area contributed by atoms with Crippen molar-refractivity contribution in [1.82, 2.24) is 9.80 Å². The van der Waals surface area contributed by atoms with Gasteiger partial charge >= 0.3 is 0 Å². The van der Waals surface area contributed by atoms with Crippen molar-refractivity contribution >= 4 is 50.2 Å². The summed E-state index contributed by atoms with van der Waals surface area (Å²) in [5, 5.41) is 3.36. The largest absolute Gasteiger partial charge is 0.353 e. The van der Waals surface area contributed by atoms with E-state index in [1.807, 2.05) is 37.3 Å². The minimum atomic E-state index is -0.795. The van der Waals surface area contributed by atoms with Crippen molar-refractivity contribution in [3.63, 3.8) is 0 Å². The molecule has 4 radical (unpaired) electrons. The third-order valence-electron chi connectivity index (χ3n) is 4.88. The minimum absolute atomic E-state index is 0.673. The molecule has 0 spiro atoms. The number of anilines is 2. The zero-order valence-corrected chi connectivity index (χ0v) is 15.5. The van der Waals surface area contributed by atoms with Crippen molar-refractivity contribution in [2.45, 2.75) is 12.3 Å². The van der Waals surface area contributed by atoms with E-state index in [9.17, 15) is 0 Å². The summed E-state index contributed by atoms with van der Waals surface area (Å²) in [7, 11) is 12.1. The molecule has 0 aromatic heterocycles. The van der Waals surface area contributed by atoms with Crippen LogP contribution in [-0.2, 0) is 0 Å². The first-order valence-electron chi connectivity index (χ1n) is 8.74. The van der Waals surface area contributed by atoms with Gasteiger partial charge < -0.3 is 15.1 Å². The molecule has 0 bridgehead atoms. The number of benzene rings is 2. The van der Waals surface area contributed by atoms with E-state index in [0.29, 0.717) is 5.02 Å². The first-order valence-corrected chi connectivity index (χ1v) is 9.12. The number of piperazine rings is 1. The molecule has 4 nitrogen and oxygen atoms in total. The van der Waals surface area contributed by atoms with E-state index in [1.54, 1.807) is 0 Å². The van der Waals surface area contributed by atoms with Crippen molar-refractivity contribution in [3.8, 4) is 0 Å². The molecule has 0 saturated carbocycles. The van der Waals surface area contributed by atoms with E-state index in [-0.39, 0.29) is 0 Å². The number of aliphatic imine (C=N–C) groups is 1. The van der Waals surface area contributed by atoms with E-state index >= 15 is 0 Å². The Kier molecular flexibility index (Phi) is 4.49. The average molecular weight is 360 g/mol. The molecule has 1 saturated heterocycles. The van der Waals surface area contributed by atoms with Gasteiger partial charge in [-0.15, -0.1) is 0 Å². The van der Waals surface area contributed by atoms with Crippen LogP contribution in [0.25, 0.3) is 0 Å². The lowest BCUT2D eigenvalue weighted by Gasteiger charge is -2.44. The number of fused-ring (bicyclic) bond motifs is 2. The molecule has 1 fully saturated rings. The van der Waals surface area contributed by atoms with Gasteiger partial charge in [-0.3, -0.25) is 0 Å².